The van der Waals surface area contributed by atoms with E-state index in [0.29, 0.717) is 12.0 Å². The summed E-state index contributed by atoms with van der Waals surface area (Å²) < 4.78 is 15.2. The highest BCUT2D eigenvalue weighted by molar-refractivity contribution is 5.51. The van der Waals surface area contributed by atoms with Crippen LogP contribution in [0.3, 0.4) is 0 Å². The fraction of sp³-hybridized carbons (Fsp3) is 0.0769. The standard InChI is InChI=1S/C13H9N3O4/c14-9-19-11-4-1-5-12(16-11)20-10-3-2-6-15-13(10)18-8-7-17/h1-7H,8H2. The van der Waals surface area contributed by atoms with Gasteiger partial charge in [-0.25, -0.2) is 4.98 Å². The largest absolute Gasteiger partial charge is 0.467 e. The zero-order valence-electron chi connectivity index (χ0n) is 10.2. The van der Waals surface area contributed by atoms with Crippen LogP contribution in [0.4, 0.5) is 0 Å². The Morgan fingerprint density at radius 1 is 1.25 bits per heavy atom. The van der Waals surface area contributed by atoms with E-state index in [0.717, 1.165) is 0 Å². The van der Waals surface area contributed by atoms with Gasteiger partial charge in [-0.3, -0.25) is 4.79 Å². The van der Waals surface area contributed by atoms with Crippen LogP contribution in [0.25, 0.3) is 0 Å². The molecule has 0 saturated heterocycles. The summed E-state index contributed by atoms with van der Waals surface area (Å²) >= 11 is 0. The number of rotatable bonds is 6. The molecule has 0 aliphatic rings. The number of carbonyl (C=O) groups excluding carboxylic acids is 1. The molecule has 0 aliphatic heterocycles. The first-order chi connectivity index (χ1) is 9.83. The molecule has 0 spiro atoms. The molecule has 0 atom stereocenters. The normalized spacial score (nSPS) is 9.35. The smallest absolute Gasteiger partial charge is 0.293 e. The maximum Gasteiger partial charge on any atom is 0.293 e. The summed E-state index contributed by atoms with van der Waals surface area (Å²) in [6.07, 6.45) is 3.64. The minimum Gasteiger partial charge on any atom is -0.467 e. The van der Waals surface area contributed by atoms with Crippen LogP contribution in [0.1, 0.15) is 0 Å². The molecule has 2 aromatic rings. The van der Waals surface area contributed by atoms with E-state index in [2.05, 4.69) is 14.7 Å². The highest BCUT2D eigenvalue weighted by Gasteiger charge is 2.08. The van der Waals surface area contributed by atoms with E-state index in [9.17, 15) is 4.79 Å². The molecule has 0 aliphatic carbocycles. The lowest BCUT2D eigenvalue weighted by Crippen LogP contribution is -2.01. The third-order valence-electron chi connectivity index (χ3n) is 2.09. The molecule has 7 nitrogen and oxygen atoms in total. The number of hydrogen-bond acceptors (Lipinski definition) is 7. The summed E-state index contributed by atoms with van der Waals surface area (Å²) in [5, 5.41) is 8.43. The highest BCUT2D eigenvalue weighted by Crippen LogP contribution is 2.28. The van der Waals surface area contributed by atoms with Gasteiger partial charge in [0.1, 0.15) is 6.61 Å². The minimum atomic E-state index is -0.127. The van der Waals surface area contributed by atoms with Crippen LogP contribution in [0.15, 0.2) is 36.5 Å². The van der Waals surface area contributed by atoms with Crippen molar-refractivity contribution in [2.45, 2.75) is 0 Å². The third-order valence-corrected chi connectivity index (χ3v) is 2.09. The predicted molar refractivity (Wildman–Crippen MR) is 66.3 cm³/mol. The summed E-state index contributed by atoms with van der Waals surface area (Å²) in [5.41, 5.74) is 0. The van der Waals surface area contributed by atoms with E-state index < -0.39 is 0 Å². The van der Waals surface area contributed by atoms with Crippen LogP contribution in [0, 0.1) is 11.5 Å². The maximum absolute atomic E-state index is 10.3. The quantitative estimate of drug-likeness (QED) is 0.583. The molecule has 0 radical (unpaired) electrons. The van der Waals surface area contributed by atoms with E-state index in [1.807, 2.05) is 0 Å². The van der Waals surface area contributed by atoms with Crippen molar-refractivity contribution in [1.82, 2.24) is 9.97 Å². The monoisotopic (exact) mass is 271 g/mol. The summed E-state index contributed by atoms with van der Waals surface area (Å²) in [4.78, 5) is 18.2. The van der Waals surface area contributed by atoms with E-state index in [1.54, 1.807) is 24.3 Å². The molecule has 0 aromatic carbocycles. The van der Waals surface area contributed by atoms with E-state index >= 15 is 0 Å². The SMILES string of the molecule is N#COc1cccc(Oc2cccnc2OCC=O)n1. The molecular formula is C13H9N3O4. The lowest BCUT2D eigenvalue weighted by atomic mass is 10.4. The first kappa shape index (κ1) is 13.3. The van der Waals surface area contributed by atoms with Crippen LogP contribution in [-0.4, -0.2) is 22.9 Å². The van der Waals surface area contributed by atoms with Crippen LogP contribution in [0.2, 0.25) is 0 Å². The Bertz CT molecular complexity index is 640. The highest BCUT2D eigenvalue weighted by atomic mass is 16.5. The van der Waals surface area contributed by atoms with Crippen LogP contribution in [0.5, 0.6) is 23.4 Å². The van der Waals surface area contributed by atoms with E-state index in [4.69, 9.17) is 14.7 Å². The second kappa shape index (κ2) is 6.70. The topological polar surface area (TPSA) is 94.3 Å². The Morgan fingerprint density at radius 2 is 2.10 bits per heavy atom. The van der Waals surface area contributed by atoms with Gasteiger partial charge in [-0.15, -0.1) is 5.26 Å². The summed E-state index contributed by atoms with van der Waals surface area (Å²) in [5.74, 6) is 0.801. The van der Waals surface area contributed by atoms with Crippen LogP contribution in [-0.2, 0) is 4.79 Å². The molecule has 2 aromatic heterocycles. The second-order valence-electron chi connectivity index (χ2n) is 3.39. The second-order valence-corrected chi connectivity index (χ2v) is 3.39. The molecule has 2 heterocycles. The summed E-state index contributed by atoms with van der Waals surface area (Å²) in [7, 11) is 0. The average Bonchev–Trinajstić information content (AvgIpc) is 2.47. The Balaban J connectivity index is 2.19. The molecular weight excluding hydrogens is 262 g/mol. The fourth-order valence-electron chi connectivity index (χ4n) is 1.34. The number of aldehydes is 1. The Kier molecular flexibility index (Phi) is 4.46. The fourth-order valence-corrected chi connectivity index (χ4v) is 1.34. The van der Waals surface area contributed by atoms with Crippen molar-refractivity contribution in [3.05, 3.63) is 36.5 Å². The molecule has 20 heavy (non-hydrogen) atoms. The molecule has 0 saturated carbocycles. The van der Waals surface area contributed by atoms with Crippen molar-refractivity contribution in [3.63, 3.8) is 0 Å². The number of ether oxygens (including phenoxy) is 3. The zero-order chi connectivity index (χ0) is 14.2. The first-order valence-corrected chi connectivity index (χ1v) is 5.56. The van der Waals surface area contributed by atoms with Gasteiger partial charge in [-0.1, -0.05) is 6.07 Å². The Labute approximate surface area is 114 Å². The third kappa shape index (κ3) is 3.43. The lowest BCUT2D eigenvalue weighted by Gasteiger charge is -2.09. The average molecular weight is 271 g/mol. The van der Waals surface area contributed by atoms with Crippen molar-refractivity contribution in [3.8, 4) is 29.6 Å². The molecule has 0 amide bonds. The zero-order valence-corrected chi connectivity index (χ0v) is 10.2. The molecule has 100 valence electrons. The van der Waals surface area contributed by atoms with Gasteiger partial charge in [-0.05, 0) is 12.1 Å². The molecule has 0 N–H and O–H groups in total. The summed E-state index contributed by atoms with van der Waals surface area (Å²) in [6, 6.07) is 7.99. The number of pyridine rings is 2. The number of nitrogens with zero attached hydrogens (tertiary/aromatic N) is 3. The van der Waals surface area contributed by atoms with Crippen LogP contribution >= 0.6 is 0 Å². The number of aromatic nitrogens is 2. The van der Waals surface area contributed by atoms with E-state index in [-0.39, 0.29) is 24.2 Å². The van der Waals surface area contributed by atoms with Gasteiger partial charge >= 0.3 is 0 Å². The van der Waals surface area contributed by atoms with Crippen molar-refractivity contribution in [2.24, 2.45) is 0 Å². The Morgan fingerprint density at radius 3 is 2.90 bits per heavy atom. The van der Waals surface area contributed by atoms with Crippen molar-refractivity contribution in [1.29, 1.82) is 5.26 Å². The van der Waals surface area contributed by atoms with Gasteiger partial charge in [0.05, 0.1) is 0 Å². The molecule has 0 fully saturated rings. The van der Waals surface area contributed by atoms with Crippen molar-refractivity contribution in [2.75, 3.05) is 6.61 Å². The van der Waals surface area contributed by atoms with Crippen molar-refractivity contribution >= 4 is 6.29 Å². The van der Waals surface area contributed by atoms with Gasteiger partial charge in [0.2, 0.25) is 11.8 Å². The van der Waals surface area contributed by atoms with Gasteiger partial charge in [0.25, 0.3) is 12.1 Å². The van der Waals surface area contributed by atoms with Crippen LogP contribution < -0.4 is 14.2 Å². The first-order valence-electron chi connectivity index (χ1n) is 5.56. The summed E-state index contributed by atoms with van der Waals surface area (Å²) in [6.45, 7) is -0.127. The molecule has 7 heteroatoms. The van der Waals surface area contributed by atoms with E-state index in [1.165, 1.54) is 18.5 Å². The Hall–Kier alpha value is -3.14. The maximum atomic E-state index is 10.3. The van der Waals surface area contributed by atoms with Gasteiger partial charge < -0.3 is 14.2 Å². The van der Waals surface area contributed by atoms with Gasteiger partial charge in [0.15, 0.2) is 12.0 Å². The number of nitriles is 1. The lowest BCUT2D eigenvalue weighted by molar-refractivity contribution is -0.109. The molecule has 2 rings (SSSR count). The molecule has 0 unspecified atom stereocenters. The number of hydrogen-bond donors (Lipinski definition) is 0. The van der Waals surface area contributed by atoms with Crippen molar-refractivity contribution < 1.29 is 19.0 Å². The van der Waals surface area contributed by atoms with Gasteiger partial charge in [-0.2, -0.15) is 4.98 Å². The molecule has 0 bridgehead atoms. The predicted octanol–water partition coefficient (Wildman–Crippen LogP) is 1.71. The van der Waals surface area contributed by atoms with Gasteiger partial charge in [0, 0.05) is 18.3 Å². The number of carbonyl (C=O) groups is 1. The minimum absolute atomic E-state index is 0.115.